The van der Waals surface area contributed by atoms with Gasteiger partial charge in [-0.3, -0.25) is 14.2 Å². The van der Waals surface area contributed by atoms with Gasteiger partial charge in [-0.1, -0.05) is 0 Å². The van der Waals surface area contributed by atoms with Crippen molar-refractivity contribution in [1.29, 1.82) is 0 Å². The maximum atomic E-state index is 12.2. The minimum absolute atomic E-state index is 0.0417. The van der Waals surface area contributed by atoms with Crippen LogP contribution in [0.5, 0.6) is 0 Å². The van der Waals surface area contributed by atoms with E-state index in [1.165, 1.54) is 24.5 Å². The Morgan fingerprint density at radius 3 is 2.15 bits per heavy atom. The summed E-state index contributed by atoms with van der Waals surface area (Å²) in [5, 5.41) is 0. The van der Waals surface area contributed by atoms with Crippen LogP contribution in [0, 0.1) is 0 Å². The van der Waals surface area contributed by atoms with Crippen LogP contribution in [-0.2, 0) is 36.6 Å². The molecule has 1 N–H and O–H groups in total. The van der Waals surface area contributed by atoms with E-state index in [1.54, 1.807) is 6.20 Å². The standard InChI is InChI=1S/C15H21NO4.C10H13NO2/c1-15(2,3)20-14(18)16-9-8-10-11(13(17)19-4)6-5-7-12(10)16;1-13-10(12)8-3-2-4-9-7(8)5-6-11-9/h8-9,11H,5-7H2,1-4H3;5-6,8,11H,2-4H2,1H3. The average molecular weight is 459 g/mol. The largest absolute Gasteiger partial charge is 0.469 e. The molecule has 8 heteroatoms. The number of aryl methyl sites for hydroxylation is 1. The van der Waals surface area contributed by atoms with E-state index in [0.717, 1.165) is 55.3 Å². The minimum Gasteiger partial charge on any atom is -0.469 e. The van der Waals surface area contributed by atoms with Gasteiger partial charge in [0.25, 0.3) is 0 Å². The molecule has 2 aliphatic rings. The molecule has 0 spiro atoms. The van der Waals surface area contributed by atoms with Gasteiger partial charge in [-0.05, 0) is 82.6 Å². The molecule has 33 heavy (non-hydrogen) atoms. The predicted octanol–water partition coefficient (Wildman–Crippen LogP) is 4.47. The zero-order valence-corrected chi connectivity index (χ0v) is 20.1. The van der Waals surface area contributed by atoms with Crippen molar-refractivity contribution in [1.82, 2.24) is 9.55 Å². The predicted molar refractivity (Wildman–Crippen MR) is 122 cm³/mol. The Hall–Kier alpha value is -3.03. The molecule has 0 radical (unpaired) electrons. The van der Waals surface area contributed by atoms with Gasteiger partial charge in [0.2, 0.25) is 0 Å². The van der Waals surface area contributed by atoms with Crippen LogP contribution in [0.25, 0.3) is 0 Å². The highest BCUT2D eigenvalue weighted by Crippen LogP contribution is 2.34. The highest BCUT2D eigenvalue weighted by Gasteiger charge is 2.31. The molecule has 0 aromatic carbocycles. The lowest BCUT2D eigenvalue weighted by Crippen LogP contribution is -2.29. The van der Waals surface area contributed by atoms with Gasteiger partial charge in [0.05, 0.1) is 26.1 Å². The van der Waals surface area contributed by atoms with Crippen LogP contribution in [0.2, 0.25) is 0 Å². The fraction of sp³-hybridized carbons (Fsp3) is 0.560. The molecular weight excluding hydrogens is 424 g/mol. The Bertz CT molecular complexity index is 997. The molecule has 2 aromatic rings. The fourth-order valence-electron chi connectivity index (χ4n) is 4.54. The van der Waals surface area contributed by atoms with Gasteiger partial charge in [0, 0.05) is 23.8 Å². The number of aromatic amines is 1. The number of fused-ring (bicyclic) bond motifs is 2. The van der Waals surface area contributed by atoms with Crippen molar-refractivity contribution in [2.45, 2.75) is 76.7 Å². The van der Waals surface area contributed by atoms with E-state index in [2.05, 4.69) is 4.98 Å². The average Bonchev–Trinajstić information content (AvgIpc) is 3.44. The topological polar surface area (TPSA) is 99.6 Å². The van der Waals surface area contributed by atoms with Gasteiger partial charge < -0.3 is 19.2 Å². The Labute approximate surface area is 194 Å². The van der Waals surface area contributed by atoms with Gasteiger partial charge in [0.1, 0.15) is 5.60 Å². The molecule has 4 rings (SSSR count). The normalized spacial score (nSPS) is 19.3. The summed E-state index contributed by atoms with van der Waals surface area (Å²) in [5.74, 6) is -0.666. The molecule has 8 nitrogen and oxygen atoms in total. The number of nitrogens with zero attached hydrogens (tertiary/aromatic N) is 1. The van der Waals surface area contributed by atoms with Crippen molar-refractivity contribution in [2.24, 2.45) is 0 Å². The van der Waals surface area contributed by atoms with Gasteiger partial charge >= 0.3 is 18.0 Å². The number of nitrogens with one attached hydrogen (secondary N) is 1. The second-order valence-electron chi connectivity index (χ2n) is 9.42. The highest BCUT2D eigenvalue weighted by atomic mass is 16.6. The maximum Gasteiger partial charge on any atom is 0.418 e. The summed E-state index contributed by atoms with van der Waals surface area (Å²) in [6.07, 6.45) is 8.60. The van der Waals surface area contributed by atoms with Crippen LogP contribution in [0.1, 0.15) is 80.8 Å². The minimum atomic E-state index is -0.537. The first-order valence-electron chi connectivity index (χ1n) is 11.4. The molecule has 0 bridgehead atoms. The van der Waals surface area contributed by atoms with Crippen molar-refractivity contribution in [3.63, 3.8) is 0 Å². The number of carbonyl (C=O) groups is 3. The molecule has 180 valence electrons. The van der Waals surface area contributed by atoms with Crippen LogP contribution in [-0.4, -0.2) is 47.4 Å². The number of hydrogen-bond donors (Lipinski definition) is 1. The number of aromatic nitrogens is 2. The first kappa shape index (κ1) is 24.6. The number of ether oxygens (including phenoxy) is 3. The molecule has 0 aliphatic heterocycles. The summed E-state index contributed by atoms with van der Waals surface area (Å²) in [6.45, 7) is 5.49. The lowest BCUT2D eigenvalue weighted by molar-refractivity contribution is -0.143. The molecule has 0 amide bonds. The summed E-state index contributed by atoms with van der Waals surface area (Å²) in [4.78, 5) is 38.5. The summed E-state index contributed by atoms with van der Waals surface area (Å²) in [6, 6.07) is 3.80. The number of H-pyrrole nitrogens is 1. The molecule has 0 saturated heterocycles. The Balaban J connectivity index is 0.000000203. The second kappa shape index (κ2) is 10.3. The van der Waals surface area contributed by atoms with Gasteiger partial charge in [0.15, 0.2) is 0 Å². The number of carbonyl (C=O) groups excluding carboxylic acids is 3. The first-order valence-corrected chi connectivity index (χ1v) is 11.4. The van der Waals surface area contributed by atoms with Crippen molar-refractivity contribution >= 4 is 18.0 Å². The third kappa shape index (κ3) is 5.67. The third-order valence-corrected chi connectivity index (χ3v) is 6.03. The molecule has 2 unspecified atom stereocenters. The summed E-state index contributed by atoms with van der Waals surface area (Å²) in [7, 11) is 2.84. The maximum absolute atomic E-state index is 12.2. The lowest BCUT2D eigenvalue weighted by Gasteiger charge is -2.24. The molecule has 0 fully saturated rings. The van der Waals surface area contributed by atoms with Crippen LogP contribution in [0.4, 0.5) is 4.79 Å². The van der Waals surface area contributed by atoms with E-state index in [-0.39, 0.29) is 23.8 Å². The smallest absolute Gasteiger partial charge is 0.418 e. The van der Waals surface area contributed by atoms with Crippen LogP contribution in [0.3, 0.4) is 0 Å². The lowest BCUT2D eigenvalue weighted by atomic mass is 9.87. The van der Waals surface area contributed by atoms with Gasteiger partial charge in [-0.25, -0.2) is 4.79 Å². The Morgan fingerprint density at radius 2 is 1.55 bits per heavy atom. The molecule has 2 aromatic heterocycles. The number of rotatable bonds is 2. The number of esters is 2. The number of methoxy groups -OCH3 is 2. The Morgan fingerprint density at radius 1 is 0.939 bits per heavy atom. The van der Waals surface area contributed by atoms with E-state index in [1.807, 2.05) is 39.1 Å². The van der Waals surface area contributed by atoms with Crippen LogP contribution >= 0.6 is 0 Å². The fourth-order valence-corrected chi connectivity index (χ4v) is 4.54. The van der Waals surface area contributed by atoms with Gasteiger partial charge in [-0.2, -0.15) is 0 Å². The molecule has 2 atom stereocenters. The van der Waals surface area contributed by atoms with Crippen molar-refractivity contribution in [3.8, 4) is 0 Å². The molecule has 2 aliphatic carbocycles. The third-order valence-electron chi connectivity index (χ3n) is 6.03. The Kier molecular flexibility index (Phi) is 7.66. The van der Waals surface area contributed by atoms with Gasteiger partial charge in [-0.15, -0.1) is 0 Å². The van der Waals surface area contributed by atoms with E-state index in [4.69, 9.17) is 14.2 Å². The number of hydrogen-bond acceptors (Lipinski definition) is 6. The van der Waals surface area contributed by atoms with Crippen molar-refractivity contribution in [2.75, 3.05) is 14.2 Å². The quantitative estimate of drug-likeness (QED) is 0.526. The SMILES string of the molecule is COC(=O)C1CCCc2[nH]ccc21.COC(=O)C1CCCc2c1ccn2C(=O)OC(C)(C)C. The molecular formula is C25H34N2O6. The summed E-state index contributed by atoms with van der Waals surface area (Å²) >= 11 is 0. The first-order chi connectivity index (χ1) is 15.7. The van der Waals surface area contributed by atoms with Crippen molar-refractivity contribution in [3.05, 3.63) is 47.0 Å². The zero-order valence-electron chi connectivity index (χ0n) is 20.1. The second-order valence-corrected chi connectivity index (χ2v) is 9.42. The monoisotopic (exact) mass is 458 g/mol. The summed E-state index contributed by atoms with van der Waals surface area (Å²) < 4.78 is 16.5. The van der Waals surface area contributed by atoms with E-state index in [0.29, 0.717) is 0 Å². The van der Waals surface area contributed by atoms with E-state index >= 15 is 0 Å². The molecule has 0 saturated carbocycles. The van der Waals surface area contributed by atoms with E-state index in [9.17, 15) is 14.4 Å². The van der Waals surface area contributed by atoms with Crippen LogP contribution in [0.15, 0.2) is 24.5 Å². The van der Waals surface area contributed by atoms with Crippen molar-refractivity contribution < 1.29 is 28.6 Å². The zero-order chi connectivity index (χ0) is 24.2. The molecule has 2 heterocycles. The highest BCUT2D eigenvalue weighted by molar-refractivity contribution is 5.80. The summed E-state index contributed by atoms with van der Waals surface area (Å²) in [5.41, 5.74) is 3.53. The van der Waals surface area contributed by atoms with Crippen LogP contribution < -0.4 is 0 Å². The van der Waals surface area contributed by atoms with E-state index < -0.39 is 11.7 Å².